The number of β-amino-alcohol motifs (C(OH)–C–C–N with tert-alkyl or cyclic N) is 1. The quantitative estimate of drug-likeness (QED) is 0.800. The lowest BCUT2D eigenvalue weighted by molar-refractivity contribution is 0.104. The van der Waals surface area contributed by atoms with E-state index < -0.39 is 0 Å². The number of ether oxygens (including phenoxy) is 1. The molecule has 1 aromatic carbocycles. The Morgan fingerprint density at radius 2 is 2.39 bits per heavy atom. The molecule has 0 aliphatic carbocycles. The van der Waals surface area contributed by atoms with E-state index in [0.29, 0.717) is 11.7 Å². The molecule has 98 valence electrons. The predicted octanol–water partition coefficient (Wildman–Crippen LogP) is 1.85. The highest BCUT2D eigenvalue weighted by atomic mass is 32.1. The Bertz CT molecular complexity index is 425. The van der Waals surface area contributed by atoms with E-state index in [0.717, 1.165) is 30.8 Å². The van der Waals surface area contributed by atoms with E-state index >= 15 is 0 Å². The number of nitrogens with one attached hydrogen (secondary N) is 1. The lowest BCUT2D eigenvalue weighted by atomic mass is 10.1. The molecule has 5 heteroatoms. The maximum Gasteiger partial charge on any atom is 0.173 e. The van der Waals surface area contributed by atoms with Crippen molar-refractivity contribution in [3.8, 4) is 5.75 Å². The van der Waals surface area contributed by atoms with E-state index in [-0.39, 0.29) is 6.10 Å². The van der Waals surface area contributed by atoms with Crippen molar-refractivity contribution < 1.29 is 9.84 Å². The summed E-state index contributed by atoms with van der Waals surface area (Å²) in [7, 11) is 1.64. The number of methoxy groups -OCH3 is 1. The van der Waals surface area contributed by atoms with Gasteiger partial charge >= 0.3 is 0 Å². The molecule has 1 aliphatic heterocycles. The first kappa shape index (κ1) is 13.1. The van der Waals surface area contributed by atoms with Crippen LogP contribution in [0.15, 0.2) is 24.3 Å². The lowest BCUT2D eigenvalue weighted by Crippen LogP contribution is -2.44. The summed E-state index contributed by atoms with van der Waals surface area (Å²) in [6, 6.07) is 7.63. The van der Waals surface area contributed by atoms with Crippen LogP contribution in [0, 0.1) is 0 Å². The van der Waals surface area contributed by atoms with Crippen LogP contribution in [0.3, 0.4) is 0 Å². The van der Waals surface area contributed by atoms with Crippen LogP contribution < -0.4 is 10.1 Å². The third-order valence-corrected chi connectivity index (χ3v) is 3.36. The highest BCUT2D eigenvalue weighted by molar-refractivity contribution is 7.80. The molecule has 0 saturated carbocycles. The van der Waals surface area contributed by atoms with Gasteiger partial charge in [0.2, 0.25) is 0 Å². The first-order chi connectivity index (χ1) is 8.69. The average Bonchev–Trinajstić information content (AvgIpc) is 2.39. The van der Waals surface area contributed by atoms with Gasteiger partial charge in [-0.3, -0.25) is 0 Å². The fourth-order valence-corrected chi connectivity index (χ4v) is 2.33. The molecular formula is C13H18N2O2S. The number of aliphatic hydroxyl groups excluding tert-OH is 1. The number of nitrogens with zero attached hydrogens (tertiary/aromatic N) is 1. The molecule has 2 rings (SSSR count). The minimum Gasteiger partial charge on any atom is -0.497 e. The molecule has 1 fully saturated rings. The number of piperidine rings is 1. The number of rotatable bonds is 2. The highest BCUT2D eigenvalue weighted by Gasteiger charge is 2.19. The number of anilines is 1. The second kappa shape index (κ2) is 6.02. The smallest absolute Gasteiger partial charge is 0.173 e. The van der Waals surface area contributed by atoms with Crippen molar-refractivity contribution in [3.63, 3.8) is 0 Å². The molecule has 0 unspecified atom stereocenters. The monoisotopic (exact) mass is 266 g/mol. The number of aliphatic hydroxyl groups is 1. The van der Waals surface area contributed by atoms with E-state index in [9.17, 15) is 5.11 Å². The number of thiocarbonyl (C=S) groups is 1. The summed E-state index contributed by atoms with van der Waals surface area (Å²) in [5.41, 5.74) is 0.902. The molecule has 1 aliphatic rings. The van der Waals surface area contributed by atoms with Crippen LogP contribution >= 0.6 is 12.2 Å². The summed E-state index contributed by atoms with van der Waals surface area (Å²) in [5.74, 6) is 0.793. The van der Waals surface area contributed by atoms with Gasteiger partial charge in [-0.1, -0.05) is 6.07 Å². The van der Waals surface area contributed by atoms with Gasteiger partial charge in [0.1, 0.15) is 5.75 Å². The number of hydrogen-bond acceptors (Lipinski definition) is 3. The van der Waals surface area contributed by atoms with Gasteiger partial charge in [0.15, 0.2) is 5.11 Å². The van der Waals surface area contributed by atoms with Gasteiger partial charge in [0, 0.05) is 24.8 Å². The third kappa shape index (κ3) is 3.34. The van der Waals surface area contributed by atoms with Crippen LogP contribution in [-0.2, 0) is 0 Å². The van der Waals surface area contributed by atoms with Crippen molar-refractivity contribution >= 4 is 23.0 Å². The van der Waals surface area contributed by atoms with Crippen LogP contribution in [0.4, 0.5) is 5.69 Å². The van der Waals surface area contributed by atoms with E-state index in [1.54, 1.807) is 7.11 Å². The fraction of sp³-hybridized carbons (Fsp3) is 0.462. The predicted molar refractivity (Wildman–Crippen MR) is 76.0 cm³/mol. The first-order valence-electron chi connectivity index (χ1n) is 6.07. The zero-order valence-electron chi connectivity index (χ0n) is 10.4. The molecule has 0 aromatic heterocycles. The fourth-order valence-electron chi connectivity index (χ4n) is 2.04. The Hall–Kier alpha value is -1.33. The minimum absolute atomic E-state index is 0.274. The molecule has 1 heterocycles. The first-order valence-corrected chi connectivity index (χ1v) is 6.48. The van der Waals surface area contributed by atoms with Crippen molar-refractivity contribution in [2.45, 2.75) is 18.9 Å². The maximum atomic E-state index is 9.63. The van der Waals surface area contributed by atoms with Gasteiger partial charge in [0.25, 0.3) is 0 Å². The molecule has 0 radical (unpaired) electrons. The molecule has 4 nitrogen and oxygen atoms in total. The van der Waals surface area contributed by atoms with Gasteiger partial charge in [-0.05, 0) is 37.2 Å². The second-order valence-electron chi connectivity index (χ2n) is 4.40. The minimum atomic E-state index is -0.274. The zero-order chi connectivity index (χ0) is 13.0. The second-order valence-corrected chi connectivity index (χ2v) is 4.79. The van der Waals surface area contributed by atoms with Crippen molar-refractivity contribution in [1.82, 2.24) is 4.90 Å². The molecule has 18 heavy (non-hydrogen) atoms. The standard InChI is InChI=1S/C13H18N2O2S/c1-17-12-6-2-4-10(8-12)14-13(18)15-7-3-5-11(16)9-15/h2,4,6,8,11,16H,3,5,7,9H2,1H3,(H,14,18)/t11-/m0/s1. The summed E-state index contributed by atoms with van der Waals surface area (Å²) in [4.78, 5) is 2.00. The third-order valence-electron chi connectivity index (χ3n) is 3.00. The van der Waals surface area contributed by atoms with Crippen molar-refractivity contribution in [3.05, 3.63) is 24.3 Å². The molecule has 2 N–H and O–H groups in total. The van der Waals surface area contributed by atoms with Crippen molar-refractivity contribution in [1.29, 1.82) is 0 Å². The molecule has 1 aromatic rings. The van der Waals surface area contributed by atoms with Crippen LogP contribution in [0.25, 0.3) is 0 Å². The lowest BCUT2D eigenvalue weighted by Gasteiger charge is -2.32. The summed E-state index contributed by atoms with van der Waals surface area (Å²) < 4.78 is 5.16. The largest absolute Gasteiger partial charge is 0.497 e. The summed E-state index contributed by atoms with van der Waals surface area (Å²) in [5, 5.41) is 13.5. The maximum absolute atomic E-state index is 9.63. The zero-order valence-corrected chi connectivity index (χ0v) is 11.2. The van der Waals surface area contributed by atoms with E-state index in [1.165, 1.54) is 0 Å². The van der Waals surface area contributed by atoms with Crippen LogP contribution in [0.5, 0.6) is 5.75 Å². The Morgan fingerprint density at radius 3 is 3.11 bits per heavy atom. The Morgan fingerprint density at radius 1 is 1.56 bits per heavy atom. The molecule has 0 amide bonds. The normalized spacial score (nSPS) is 19.4. The van der Waals surface area contributed by atoms with Gasteiger partial charge in [-0.2, -0.15) is 0 Å². The summed E-state index contributed by atoms with van der Waals surface area (Å²) >= 11 is 5.35. The SMILES string of the molecule is COc1cccc(NC(=S)N2CCC[C@H](O)C2)c1. The molecule has 1 saturated heterocycles. The molecule has 1 atom stereocenters. The average molecular weight is 266 g/mol. The highest BCUT2D eigenvalue weighted by Crippen LogP contribution is 2.18. The van der Waals surface area contributed by atoms with Crippen molar-refractivity contribution in [2.75, 3.05) is 25.5 Å². The van der Waals surface area contributed by atoms with Crippen LogP contribution in [-0.4, -0.2) is 41.4 Å². The number of benzene rings is 1. The Balaban J connectivity index is 1.97. The van der Waals surface area contributed by atoms with Gasteiger partial charge < -0.3 is 20.1 Å². The number of likely N-dealkylation sites (tertiary alicyclic amines) is 1. The summed E-state index contributed by atoms with van der Waals surface area (Å²) in [6.45, 7) is 1.50. The summed E-state index contributed by atoms with van der Waals surface area (Å²) in [6.07, 6.45) is 1.56. The Labute approximate surface area is 113 Å². The van der Waals surface area contributed by atoms with Crippen LogP contribution in [0.1, 0.15) is 12.8 Å². The van der Waals surface area contributed by atoms with Gasteiger partial charge in [-0.15, -0.1) is 0 Å². The molecule has 0 bridgehead atoms. The van der Waals surface area contributed by atoms with E-state index in [4.69, 9.17) is 17.0 Å². The van der Waals surface area contributed by atoms with Crippen molar-refractivity contribution in [2.24, 2.45) is 0 Å². The van der Waals surface area contributed by atoms with Crippen LogP contribution in [0.2, 0.25) is 0 Å². The van der Waals surface area contributed by atoms with E-state index in [1.807, 2.05) is 29.2 Å². The molecule has 0 spiro atoms. The topological polar surface area (TPSA) is 44.7 Å². The van der Waals surface area contributed by atoms with Gasteiger partial charge in [0.05, 0.1) is 13.2 Å². The van der Waals surface area contributed by atoms with E-state index in [2.05, 4.69) is 5.32 Å². The Kier molecular flexibility index (Phi) is 4.38. The van der Waals surface area contributed by atoms with Gasteiger partial charge in [-0.25, -0.2) is 0 Å². The number of hydrogen-bond donors (Lipinski definition) is 2. The molecular weight excluding hydrogens is 248 g/mol.